The molecule has 3 aromatic heterocycles. The van der Waals surface area contributed by atoms with Gasteiger partial charge in [-0.1, -0.05) is 0 Å². The third-order valence-electron chi connectivity index (χ3n) is 5.57. The lowest BCUT2D eigenvalue weighted by Gasteiger charge is -2.36. The van der Waals surface area contributed by atoms with Crippen LogP contribution in [0.2, 0.25) is 0 Å². The van der Waals surface area contributed by atoms with E-state index in [-0.39, 0.29) is 11.9 Å². The number of carbonyl (C=O) groups is 1. The monoisotopic (exact) mass is 335 g/mol. The van der Waals surface area contributed by atoms with E-state index in [1.54, 1.807) is 0 Å². The molecule has 1 amide bonds. The van der Waals surface area contributed by atoms with Crippen molar-refractivity contribution < 1.29 is 4.79 Å². The Hall–Kier alpha value is -2.63. The lowest BCUT2D eigenvalue weighted by molar-refractivity contribution is -0.135. The Balaban J connectivity index is 1.45. The summed E-state index contributed by atoms with van der Waals surface area (Å²) in [6, 6.07) is 6.46. The number of hydrogen-bond donors (Lipinski definition) is 0. The topological polar surface area (TPSA) is 55.4 Å². The van der Waals surface area contributed by atoms with Crippen LogP contribution in [0, 0.1) is 6.92 Å². The van der Waals surface area contributed by atoms with Crippen molar-refractivity contribution in [3.05, 3.63) is 53.7 Å². The summed E-state index contributed by atoms with van der Waals surface area (Å²) in [6.07, 6.45) is 9.50. The van der Waals surface area contributed by atoms with Crippen LogP contribution in [-0.2, 0) is 17.8 Å². The van der Waals surface area contributed by atoms with Crippen LogP contribution >= 0.6 is 0 Å². The van der Waals surface area contributed by atoms with E-state index in [0.717, 1.165) is 37.1 Å². The van der Waals surface area contributed by atoms with Gasteiger partial charge in [-0.3, -0.25) is 4.79 Å². The lowest BCUT2D eigenvalue weighted by atomic mass is 9.98. The molecule has 2 bridgehead atoms. The molecule has 1 fully saturated rings. The quantitative estimate of drug-likeness (QED) is 0.739. The van der Waals surface area contributed by atoms with Crippen molar-refractivity contribution in [1.29, 1.82) is 0 Å². The molecule has 5 heterocycles. The zero-order chi connectivity index (χ0) is 17.0. The largest absolute Gasteiger partial charge is 0.354 e. The maximum absolute atomic E-state index is 12.9. The van der Waals surface area contributed by atoms with E-state index in [1.807, 2.05) is 48.2 Å². The maximum Gasteiger partial charge on any atom is 0.225 e. The van der Waals surface area contributed by atoms with E-state index in [0.29, 0.717) is 12.5 Å². The van der Waals surface area contributed by atoms with E-state index in [9.17, 15) is 4.79 Å². The zero-order valence-electron chi connectivity index (χ0n) is 14.3. The summed E-state index contributed by atoms with van der Waals surface area (Å²) in [5, 5.41) is 4.61. The van der Waals surface area contributed by atoms with Crippen LogP contribution < -0.4 is 0 Å². The Labute approximate surface area is 146 Å². The van der Waals surface area contributed by atoms with Gasteiger partial charge in [-0.15, -0.1) is 0 Å². The first-order chi connectivity index (χ1) is 12.2. The Kier molecular flexibility index (Phi) is 3.20. The molecule has 0 saturated carbocycles. The molecule has 2 aliphatic rings. The number of hydrogen-bond acceptors (Lipinski definition) is 3. The van der Waals surface area contributed by atoms with Crippen molar-refractivity contribution in [1.82, 2.24) is 24.1 Å². The molecule has 0 aliphatic carbocycles. The van der Waals surface area contributed by atoms with Gasteiger partial charge in [0.05, 0.1) is 17.4 Å². The van der Waals surface area contributed by atoms with Crippen LogP contribution in [0.1, 0.15) is 42.3 Å². The first-order valence-corrected chi connectivity index (χ1v) is 8.97. The van der Waals surface area contributed by atoms with Gasteiger partial charge in [0.15, 0.2) is 5.65 Å². The summed E-state index contributed by atoms with van der Waals surface area (Å²) >= 11 is 0. The van der Waals surface area contributed by atoms with Gasteiger partial charge in [0.1, 0.15) is 0 Å². The highest BCUT2D eigenvalue weighted by Gasteiger charge is 2.43. The predicted molar refractivity (Wildman–Crippen MR) is 93.1 cm³/mol. The van der Waals surface area contributed by atoms with E-state index >= 15 is 0 Å². The van der Waals surface area contributed by atoms with Crippen LogP contribution in [0.3, 0.4) is 0 Å². The van der Waals surface area contributed by atoms with Crippen LogP contribution in [-0.4, -0.2) is 36.0 Å². The first-order valence-electron chi connectivity index (χ1n) is 8.97. The van der Waals surface area contributed by atoms with Gasteiger partial charge < -0.3 is 9.47 Å². The van der Waals surface area contributed by atoms with Crippen LogP contribution in [0.4, 0.5) is 0 Å². The predicted octanol–water partition coefficient (Wildman–Crippen LogP) is 2.52. The van der Waals surface area contributed by atoms with Gasteiger partial charge in [-0.05, 0) is 31.9 Å². The van der Waals surface area contributed by atoms with Crippen molar-refractivity contribution in [3.8, 4) is 0 Å². The Morgan fingerprint density at radius 3 is 2.96 bits per heavy atom. The van der Waals surface area contributed by atoms with Gasteiger partial charge >= 0.3 is 0 Å². The second-order valence-corrected chi connectivity index (χ2v) is 7.14. The minimum Gasteiger partial charge on any atom is -0.354 e. The van der Waals surface area contributed by atoms with Crippen molar-refractivity contribution in [2.45, 2.75) is 51.2 Å². The number of aryl methyl sites for hydroxylation is 2. The molecule has 1 saturated heterocycles. The number of carbonyl (C=O) groups excluding carboxylic acids is 1. The van der Waals surface area contributed by atoms with Crippen molar-refractivity contribution in [3.63, 3.8) is 0 Å². The molecular weight excluding hydrogens is 314 g/mol. The van der Waals surface area contributed by atoms with Crippen LogP contribution in [0.15, 0.2) is 36.8 Å². The third-order valence-corrected chi connectivity index (χ3v) is 5.57. The Morgan fingerprint density at radius 2 is 2.12 bits per heavy atom. The molecule has 128 valence electrons. The molecule has 25 heavy (non-hydrogen) atoms. The molecule has 0 N–H and O–H groups in total. The summed E-state index contributed by atoms with van der Waals surface area (Å²) < 4.78 is 4.05. The maximum atomic E-state index is 12.9. The van der Waals surface area contributed by atoms with Crippen molar-refractivity contribution in [2.75, 3.05) is 0 Å². The van der Waals surface area contributed by atoms with Crippen LogP contribution in [0.25, 0.3) is 5.65 Å². The van der Waals surface area contributed by atoms with E-state index < -0.39 is 0 Å². The number of rotatable bonds is 3. The molecule has 2 unspecified atom stereocenters. The second-order valence-electron chi connectivity index (χ2n) is 7.14. The second kappa shape index (κ2) is 5.44. The summed E-state index contributed by atoms with van der Waals surface area (Å²) in [7, 11) is 0. The molecule has 2 aliphatic heterocycles. The molecule has 0 radical (unpaired) electrons. The zero-order valence-corrected chi connectivity index (χ0v) is 14.3. The average Bonchev–Trinajstić information content (AvgIpc) is 3.31. The molecule has 3 aromatic rings. The Morgan fingerprint density at radius 1 is 1.28 bits per heavy atom. The standard InChI is InChI=1S/C19H21N5O/c1-13-10-18-20-12-15-16-5-4-14(11-17(15)24(18)21-13)23(16)19(25)6-9-22-7-2-3-8-22/h2-3,7-8,10,12,14,16H,4-6,9,11H2,1H3. The minimum atomic E-state index is 0.160. The third kappa shape index (κ3) is 2.27. The lowest BCUT2D eigenvalue weighted by Crippen LogP contribution is -2.43. The average molecular weight is 335 g/mol. The van der Waals surface area contributed by atoms with Gasteiger partial charge in [-0.2, -0.15) is 5.10 Å². The Bertz CT molecular complexity index is 942. The number of amides is 1. The van der Waals surface area contributed by atoms with Gasteiger partial charge in [-0.25, -0.2) is 9.50 Å². The number of fused-ring (bicyclic) bond motifs is 6. The van der Waals surface area contributed by atoms with Crippen LogP contribution in [0.5, 0.6) is 0 Å². The first kappa shape index (κ1) is 14.7. The SMILES string of the molecule is Cc1cc2ncc3c(n2n1)CC1CCC3N1C(=O)CCn1cccc1. The fourth-order valence-electron chi connectivity index (χ4n) is 4.45. The fourth-order valence-corrected chi connectivity index (χ4v) is 4.45. The molecule has 6 nitrogen and oxygen atoms in total. The van der Waals surface area contributed by atoms with E-state index in [1.165, 1.54) is 11.3 Å². The van der Waals surface area contributed by atoms with Gasteiger partial charge in [0.25, 0.3) is 0 Å². The minimum absolute atomic E-state index is 0.160. The summed E-state index contributed by atoms with van der Waals surface area (Å²) in [5.74, 6) is 0.253. The van der Waals surface area contributed by atoms with Gasteiger partial charge in [0, 0.05) is 55.6 Å². The highest BCUT2D eigenvalue weighted by molar-refractivity contribution is 5.78. The molecule has 0 spiro atoms. The summed E-state index contributed by atoms with van der Waals surface area (Å²) in [4.78, 5) is 19.6. The van der Waals surface area contributed by atoms with Crippen molar-refractivity contribution >= 4 is 11.6 Å². The summed E-state index contributed by atoms with van der Waals surface area (Å²) in [6.45, 7) is 2.74. The molecule has 0 aromatic carbocycles. The van der Waals surface area contributed by atoms with E-state index in [4.69, 9.17) is 0 Å². The highest BCUT2D eigenvalue weighted by atomic mass is 16.2. The molecule has 5 rings (SSSR count). The molecular formula is C19H21N5O. The van der Waals surface area contributed by atoms with Gasteiger partial charge in [0.2, 0.25) is 5.91 Å². The smallest absolute Gasteiger partial charge is 0.225 e. The summed E-state index contributed by atoms with van der Waals surface area (Å²) in [5.41, 5.74) is 4.31. The molecule has 2 atom stereocenters. The van der Waals surface area contributed by atoms with Crippen molar-refractivity contribution in [2.24, 2.45) is 0 Å². The molecule has 6 heteroatoms. The van der Waals surface area contributed by atoms with E-state index in [2.05, 4.69) is 19.5 Å². The number of nitrogens with zero attached hydrogens (tertiary/aromatic N) is 5. The highest BCUT2D eigenvalue weighted by Crippen LogP contribution is 2.43. The fraction of sp³-hybridized carbons (Fsp3) is 0.421. The normalized spacial score (nSPS) is 21.7. The number of aromatic nitrogens is 4.